The van der Waals surface area contributed by atoms with E-state index in [0.717, 1.165) is 40.8 Å². The van der Waals surface area contributed by atoms with Crippen LogP contribution in [-0.2, 0) is 4.74 Å². The van der Waals surface area contributed by atoms with Crippen LogP contribution in [0.3, 0.4) is 0 Å². The third-order valence-electron chi connectivity index (χ3n) is 5.29. The lowest BCUT2D eigenvalue weighted by Crippen LogP contribution is -2.45. The first-order chi connectivity index (χ1) is 12.7. The van der Waals surface area contributed by atoms with Crippen LogP contribution in [0.15, 0.2) is 0 Å². The molecule has 9 nitrogen and oxygen atoms in total. The van der Waals surface area contributed by atoms with Crippen molar-refractivity contribution in [3.05, 3.63) is 10.0 Å². The van der Waals surface area contributed by atoms with Crippen molar-refractivity contribution in [2.45, 2.75) is 76.1 Å². The number of ether oxygens (including phenoxy) is 1. The van der Waals surface area contributed by atoms with Gasteiger partial charge in [0, 0.05) is 18.5 Å². The molecular formula is C17H25N5O4S. The molecule has 1 aliphatic carbocycles. The zero-order chi connectivity index (χ0) is 19.3. The molecule has 4 rings (SSSR count). The van der Waals surface area contributed by atoms with E-state index in [2.05, 4.69) is 15.5 Å². The van der Waals surface area contributed by atoms with Crippen molar-refractivity contribution >= 4 is 23.5 Å². The van der Waals surface area contributed by atoms with E-state index in [1.54, 1.807) is 4.90 Å². The molecule has 148 valence electrons. The number of nitrogens with zero attached hydrogens (tertiary/aromatic N) is 4. The van der Waals surface area contributed by atoms with Gasteiger partial charge in [-0.2, -0.15) is 0 Å². The average Bonchev–Trinajstić information content (AvgIpc) is 3.10. The number of amides is 3. The van der Waals surface area contributed by atoms with Crippen molar-refractivity contribution in [2.75, 3.05) is 6.54 Å². The molecule has 2 saturated heterocycles. The molecule has 3 fully saturated rings. The van der Waals surface area contributed by atoms with E-state index in [0.29, 0.717) is 6.54 Å². The predicted molar refractivity (Wildman–Crippen MR) is 96.5 cm³/mol. The summed E-state index contributed by atoms with van der Waals surface area (Å²) in [6.45, 7) is 6.06. The molecule has 2 atom stereocenters. The van der Waals surface area contributed by atoms with Crippen molar-refractivity contribution in [1.82, 2.24) is 25.5 Å². The van der Waals surface area contributed by atoms with Crippen LogP contribution in [0, 0.1) is 0 Å². The number of hydrogen-bond acceptors (Lipinski definition) is 7. The fourth-order valence-electron chi connectivity index (χ4n) is 3.87. The molecule has 2 aliphatic heterocycles. The number of alkyl carbamates (subject to hydrolysis) is 1. The number of nitrogens with one attached hydrogen (secondary N) is 1. The van der Waals surface area contributed by atoms with Gasteiger partial charge in [0.25, 0.3) is 0 Å². The Morgan fingerprint density at radius 3 is 2.67 bits per heavy atom. The Hall–Kier alpha value is -1.94. The molecule has 27 heavy (non-hydrogen) atoms. The fourth-order valence-corrected chi connectivity index (χ4v) is 4.98. The molecule has 0 spiro atoms. The number of hydrogen-bond donors (Lipinski definition) is 2. The summed E-state index contributed by atoms with van der Waals surface area (Å²) < 4.78 is 5.28. The van der Waals surface area contributed by atoms with Crippen LogP contribution in [0.2, 0.25) is 0 Å². The number of aromatic nitrogens is 2. The van der Waals surface area contributed by atoms with Crippen molar-refractivity contribution in [3.8, 4) is 0 Å². The smallest absolute Gasteiger partial charge is 0.407 e. The molecule has 0 aromatic carbocycles. The molecule has 2 N–H and O–H groups in total. The molecule has 0 radical (unpaired) electrons. The molecule has 2 bridgehead atoms. The van der Waals surface area contributed by atoms with E-state index in [1.807, 2.05) is 20.8 Å². The highest BCUT2D eigenvalue weighted by Crippen LogP contribution is 2.42. The number of rotatable bonds is 3. The van der Waals surface area contributed by atoms with Crippen LogP contribution < -0.4 is 5.32 Å². The monoisotopic (exact) mass is 395 g/mol. The van der Waals surface area contributed by atoms with Crippen LogP contribution in [0.4, 0.5) is 9.59 Å². The Bertz CT molecular complexity index is 742. The lowest BCUT2D eigenvalue weighted by Gasteiger charge is -2.34. The predicted octanol–water partition coefficient (Wildman–Crippen LogP) is 2.64. The normalized spacial score (nSPS) is 30.3. The largest absolute Gasteiger partial charge is 0.444 e. The molecule has 1 aromatic heterocycles. The number of carbonyl (C=O) groups is 2. The van der Waals surface area contributed by atoms with Crippen molar-refractivity contribution in [3.63, 3.8) is 0 Å². The summed E-state index contributed by atoms with van der Waals surface area (Å²) >= 11 is 1.53. The zero-order valence-corrected chi connectivity index (χ0v) is 16.5. The van der Waals surface area contributed by atoms with Gasteiger partial charge in [-0.05, 0) is 46.5 Å². The first-order valence-corrected chi connectivity index (χ1v) is 10.1. The fraction of sp³-hybridized carbons (Fsp3) is 0.765. The lowest BCUT2D eigenvalue weighted by atomic mass is 9.81. The highest BCUT2D eigenvalue weighted by atomic mass is 32.1. The highest BCUT2D eigenvalue weighted by Gasteiger charge is 2.46. The Kier molecular flexibility index (Phi) is 4.50. The standard InChI is InChI=1S/C17H25N5O4S/c1-17(2,3)26-15(23)18-10-6-9(7-10)13-19-20-14(27-13)12-5-4-11-8-21(12)16(24)22(11)25/h9-12,25H,4-8H2,1-3H3,(H,18,23). The van der Waals surface area contributed by atoms with Crippen LogP contribution in [-0.4, -0.2) is 61.7 Å². The molecule has 1 saturated carbocycles. The second kappa shape index (κ2) is 6.59. The van der Waals surface area contributed by atoms with Gasteiger partial charge < -0.3 is 15.0 Å². The SMILES string of the molecule is CC(C)(C)OC(=O)NC1CC(c2nnc(C3CCC4CN3C(=O)N4O)s2)C1. The molecule has 3 aliphatic rings. The highest BCUT2D eigenvalue weighted by molar-refractivity contribution is 7.11. The van der Waals surface area contributed by atoms with Crippen molar-refractivity contribution < 1.29 is 19.5 Å². The Labute approximate surface area is 161 Å². The maximum Gasteiger partial charge on any atom is 0.407 e. The lowest BCUT2D eigenvalue weighted by molar-refractivity contribution is -0.0584. The van der Waals surface area contributed by atoms with E-state index in [4.69, 9.17) is 4.74 Å². The van der Waals surface area contributed by atoms with Crippen LogP contribution in [0.1, 0.15) is 68.4 Å². The third-order valence-corrected chi connectivity index (χ3v) is 6.48. The van der Waals surface area contributed by atoms with E-state index in [-0.39, 0.29) is 36.2 Å². The molecule has 3 amide bonds. The molecule has 10 heteroatoms. The number of fused-ring (bicyclic) bond motifs is 2. The maximum atomic E-state index is 12.1. The summed E-state index contributed by atoms with van der Waals surface area (Å²) in [6, 6.07) is -0.458. The topological polar surface area (TPSA) is 108 Å². The molecule has 2 unspecified atom stereocenters. The number of carbonyl (C=O) groups excluding carboxylic acids is 2. The summed E-state index contributed by atoms with van der Waals surface area (Å²) in [5, 5.41) is 24.0. The van der Waals surface area contributed by atoms with Crippen LogP contribution in [0.25, 0.3) is 0 Å². The van der Waals surface area contributed by atoms with E-state index in [9.17, 15) is 14.8 Å². The Morgan fingerprint density at radius 2 is 1.96 bits per heavy atom. The van der Waals surface area contributed by atoms with Gasteiger partial charge in [0.1, 0.15) is 15.6 Å². The summed E-state index contributed by atoms with van der Waals surface area (Å²) in [7, 11) is 0. The van der Waals surface area contributed by atoms with Gasteiger partial charge in [-0.15, -0.1) is 10.2 Å². The zero-order valence-electron chi connectivity index (χ0n) is 15.7. The van der Waals surface area contributed by atoms with Crippen molar-refractivity contribution in [1.29, 1.82) is 0 Å². The van der Waals surface area contributed by atoms with E-state index < -0.39 is 5.60 Å². The van der Waals surface area contributed by atoms with Gasteiger partial charge in [-0.25, -0.2) is 14.7 Å². The summed E-state index contributed by atoms with van der Waals surface area (Å²) in [5.74, 6) is 0.274. The second-order valence-electron chi connectivity index (χ2n) is 8.52. The van der Waals surface area contributed by atoms with Gasteiger partial charge in [0.15, 0.2) is 0 Å². The van der Waals surface area contributed by atoms with Crippen LogP contribution in [0.5, 0.6) is 0 Å². The number of urea groups is 1. The number of piperidine rings is 1. The van der Waals surface area contributed by atoms with Crippen molar-refractivity contribution in [2.24, 2.45) is 0 Å². The first kappa shape index (κ1) is 18.4. The average molecular weight is 395 g/mol. The maximum absolute atomic E-state index is 12.1. The summed E-state index contributed by atoms with van der Waals surface area (Å²) in [5.41, 5.74) is -0.502. The van der Waals surface area contributed by atoms with Gasteiger partial charge in [-0.3, -0.25) is 5.21 Å². The molecule has 1 aromatic rings. The molecule has 3 heterocycles. The Balaban J connectivity index is 1.32. The quantitative estimate of drug-likeness (QED) is 0.762. The minimum Gasteiger partial charge on any atom is -0.444 e. The minimum absolute atomic E-state index is 0.0933. The van der Waals surface area contributed by atoms with Gasteiger partial charge in [0.2, 0.25) is 0 Å². The summed E-state index contributed by atoms with van der Waals surface area (Å²) in [4.78, 5) is 25.6. The second-order valence-corrected chi connectivity index (χ2v) is 9.56. The van der Waals surface area contributed by atoms with Gasteiger partial charge >= 0.3 is 12.1 Å². The van der Waals surface area contributed by atoms with E-state index in [1.165, 1.54) is 11.3 Å². The van der Waals surface area contributed by atoms with Gasteiger partial charge in [0.05, 0.1) is 12.1 Å². The van der Waals surface area contributed by atoms with E-state index >= 15 is 0 Å². The third kappa shape index (κ3) is 3.60. The molecular weight excluding hydrogens is 370 g/mol. The van der Waals surface area contributed by atoms with Gasteiger partial charge in [-0.1, -0.05) is 11.3 Å². The minimum atomic E-state index is -0.502. The van der Waals surface area contributed by atoms with Crippen LogP contribution >= 0.6 is 11.3 Å². The first-order valence-electron chi connectivity index (χ1n) is 9.33. The summed E-state index contributed by atoms with van der Waals surface area (Å²) in [6.07, 6.45) is 2.79. The number of hydroxylamine groups is 2. The Morgan fingerprint density at radius 1 is 1.26 bits per heavy atom.